The Kier molecular flexibility index (Phi) is 4.81. The van der Waals surface area contributed by atoms with Gasteiger partial charge in [-0.2, -0.15) is 13.2 Å². The topological polar surface area (TPSA) is 27.6 Å². The first-order chi connectivity index (χ1) is 12.0. The van der Waals surface area contributed by atoms with Crippen molar-refractivity contribution in [1.29, 1.82) is 0 Å². The largest absolute Gasteiger partial charge is 0.404 e. The summed E-state index contributed by atoms with van der Waals surface area (Å²) >= 11 is 2.12. The maximum absolute atomic E-state index is 13.9. The van der Waals surface area contributed by atoms with Crippen molar-refractivity contribution in [1.82, 2.24) is 9.62 Å². The molecular formula is C17H20F3N3S2. The number of alkyl halides is 3. The lowest BCUT2D eigenvalue weighted by molar-refractivity contribution is -0.130. The zero-order chi connectivity index (χ0) is 17.5. The fraction of sp³-hybridized carbons (Fsp3) is 0.588. The summed E-state index contributed by atoms with van der Waals surface area (Å²) in [4.78, 5) is 1.60. The van der Waals surface area contributed by atoms with E-state index in [2.05, 4.69) is 14.0 Å². The van der Waals surface area contributed by atoms with Gasteiger partial charge in [-0.3, -0.25) is 0 Å². The lowest BCUT2D eigenvalue weighted by Gasteiger charge is -2.42. The number of halogens is 3. The van der Waals surface area contributed by atoms with Crippen molar-refractivity contribution < 1.29 is 13.2 Å². The van der Waals surface area contributed by atoms with Gasteiger partial charge in [0.05, 0.1) is 12.1 Å². The molecule has 2 saturated heterocycles. The molecule has 5 unspecified atom stereocenters. The van der Waals surface area contributed by atoms with E-state index in [1.165, 1.54) is 0 Å². The summed E-state index contributed by atoms with van der Waals surface area (Å²) < 4.78 is 49.0. The molecule has 3 heterocycles. The highest BCUT2D eigenvalue weighted by molar-refractivity contribution is 8.04. The van der Waals surface area contributed by atoms with E-state index in [-0.39, 0.29) is 5.92 Å². The lowest BCUT2D eigenvalue weighted by atomic mass is 9.86. The quantitative estimate of drug-likeness (QED) is 0.780. The molecule has 4 rings (SSSR count). The summed E-state index contributed by atoms with van der Waals surface area (Å²) in [6, 6.07) is 8.20. The molecule has 1 aromatic rings. The van der Waals surface area contributed by atoms with Crippen LogP contribution in [0, 0.1) is 11.8 Å². The van der Waals surface area contributed by atoms with Crippen LogP contribution in [0.3, 0.4) is 0 Å². The Morgan fingerprint density at radius 3 is 2.72 bits per heavy atom. The summed E-state index contributed by atoms with van der Waals surface area (Å²) in [5, 5.41) is -1.57. The van der Waals surface area contributed by atoms with Gasteiger partial charge in [-0.25, -0.2) is 9.12 Å². The van der Waals surface area contributed by atoms with Gasteiger partial charge in [-0.05, 0) is 30.9 Å². The second-order valence-corrected chi connectivity index (χ2v) is 9.00. The first-order valence-electron chi connectivity index (χ1n) is 8.46. The molecule has 0 spiro atoms. The molecule has 5 atom stereocenters. The van der Waals surface area contributed by atoms with E-state index >= 15 is 0 Å². The van der Waals surface area contributed by atoms with E-state index in [4.69, 9.17) is 0 Å². The van der Waals surface area contributed by atoms with Crippen LogP contribution in [0.5, 0.6) is 0 Å². The minimum absolute atomic E-state index is 0.131. The van der Waals surface area contributed by atoms with E-state index in [0.717, 1.165) is 56.4 Å². The van der Waals surface area contributed by atoms with Crippen LogP contribution in [-0.4, -0.2) is 41.8 Å². The molecule has 25 heavy (non-hydrogen) atoms. The van der Waals surface area contributed by atoms with Crippen LogP contribution in [-0.2, 0) is 0 Å². The molecular weight excluding hydrogens is 367 g/mol. The highest BCUT2D eigenvalue weighted by atomic mass is 32.2. The van der Waals surface area contributed by atoms with Gasteiger partial charge in [0.15, 0.2) is 0 Å². The van der Waals surface area contributed by atoms with E-state index in [9.17, 15) is 13.2 Å². The molecule has 8 heteroatoms. The molecule has 0 aromatic heterocycles. The Bertz CT molecular complexity index is 628. The predicted molar refractivity (Wildman–Crippen MR) is 97.4 cm³/mol. The highest BCUT2D eigenvalue weighted by Gasteiger charge is 2.52. The average Bonchev–Trinajstić information content (AvgIpc) is 3.20. The van der Waals surface area contributed by atoms with Gasteiger partial charge in [0.25, 0.3) is 0 Å². The van der Waals surface area contributed by atoms with Crippen LogP contribution in [0.15, 0.2) is 34.7 Å². The third-order valence-corrected chi connectivity index (χ3v) is 7.76. The van der Waals surface area contributed by atoms with Crippen molar-refractivity contribution in [2.75, 3.05) is 19.6 Å². The molecule has 1 N–H and O–H groups in total. The number of thioether (sulfide) groups is 1. The average molecular weight is 387 g/mol. The number of piperidine rings is 1. The lowest BCUT2D eigenvalue weighted by Crippen LogP contribution is -2.52. The summed E-state index contributed by atoms with van der Waals surface area (Å²) in [6.07, 6.45) is -0.484. The zero-order valence-corrected chi connectivity index (χ0v) is 15.2. The molecule has 0 saturated carbocycles. The minimum atomic E-state index is -4.31. The number of hydrogen-bond acceptors (Lipinski definition) is 5. The van der Waals surface area contributed by atoms with Crippen LogP contribution >= 0.6 is 23.9 Å². The fourth-order valence-corrected chi connectivity index (χ4v) is 6.38. The van der Waals surface area contributed by atoms with Gasteiger partial charge in [0.1, 0.15) is 10.1 Å². The predicted octanol–water partition coefficient (Wildman–Crippen LogP) is 4.30. The van der Waals surface area contributed by atoms with Crippen molar-refractivity contribution >= 4 is 30.1 Å². The standard InChI is InChI=1S/C17H20F3N3S2/c18-17(19,20)15(13-4-2-1-3-5-13)24-16(11-21-25-22-16)14-8-12-6-7-23(9-12)10-14/h1-5,11-12,14-15,22H,6-10H2. The molecule has 2 fully saturated rings. The van der Waals surface area contributed by atoms with Crippen molar-refractivity contribution in [2.24, 2.45) is 16.2 Å². The number of rotatable bonds is 4. The van der Waals surface area contributed by atoms with E-state index < -0.39 is 16.3 Å². The maximum atomic E-state index is 13.9. The Morgan fingerprint density at radius 2 is 2.08 bits per heavy atom. The fourth-order valence-electron chi connectivity index (χ4n) is 4.09. The van der Waals surface area contributed by atoms with Gasteiger partial charge in [-0.1, -0.05) is 30.3 Å². The Hall–Kier alpha value is -0.700. The second-order valence-electron chi connectivity index (χ2n) is 7.02. The molecule has 1 aromatic carbocycles. The smallest absolute Gasteiger partial charge is 0.303 e. The van der Waals surface area contributed by atoms with Gasteiger partial charge >= 0.3 is 6.18 Å². The number of nitrogens with one attached hydrogen (secondary N) is 1. The third-order valence-electron chi connectivity index (χ3n) is 5.29. The maximum Gasteiger partial charge on any atom is 0.404 e. The molecule has 3 aliphatic heterocycles. The molecule has 0 amide bonds. The van der Waals surface area contributed by atoms with Gasteiger partial charge < -0.3 is 4.90 Å². The van der Waals surface area contributed by atoms with E-state index in [0.29, 0.717) is 11.5 Å². The molecule has 2 bridgehead atoms. The number of benzene rings is 1. The monoisotopic (exact) mass is 387 g/mol. The third kappa shape index (κ3) is 3.59. The van der Waals surface area contributed by atoms with Crippen LogP contribution < -0.4 is 4.72 Å². The van der Waals surface area contributed by atoms with Crippen LogP contribution in [0.4, 0.5) is 13.2 Å². The van der Waals surface area contributed by atoms with E-state index in [1.54, 1.807) is 36.5 Å². The first kappa shape index (κ1) is 17.7. The van der Waals surface area contributed by atoms with Gasteiger partial charge in [-0.15, -0.1) is 11.8 Å². The van der Waals surface area contributed by atoms with E-state index in [1.807, 2.05) is 0 Å². The Morgan fingerprint density at radius 1 is 1.28 bits per heavy atom. The highest BCUT2D eigenvalue weighted by Crippen LogP contribution is 2.53. The summed E-state index contributed by atoms with van der Waals surface area (Å²) in [6.45, 7) is 2.99. The number of hydrogen-bond donors (Lipinski definition) is 1. The SMILES string of the molecule is FC(F)(F)C(SC1(C2CC3CCN(C3)C2)C=NSN1)c1ccccc1. The molecule has 3 nitrogen and oxygen atoms in total. The molecule has 0 aliphatic carbocycles. The zero-order valence-electron chi connectivity index (χ0n) is 13.6. The van der Waals surface area contributed by atoms with Crippen molar-refractivity contribution in [3.63, 3.8) is 0 Å². The number of fused-ring (bicyclic) bond motifs is 2. The van der Waals surface area contributed by atoms with Crippen molar-refractivity contribution in [3.8, 4) is 0 Å². The molecule has 3 aliphatic rings. The minimum Gasteiger partial charge on any atom is -0.303 e. The summed E-state index contributed by atoms with van der Waals surface area (Å²) in [7, 11) is 0. The second kappa shape index (κ2) is 6.79. The van der Waals surface area contributed by atoms with Crippen molar-refractivity contribution in [3.05, 3.63) is 35.9 Å². The summed E-state index contributed by atoms with van der Waals surface area (Å²) in [5.41, 5.74) is 0.297. The first-order valence-corrected chi connectivity index (χ1v) is 10.1. The Balaban J connectivity index is 1.63. The van der Waals surface area contributed by atoms with Crippen LogP contribution in [0.25, 0.3) is 0 Å². The summed E-state index contributed by atoms with van der Waals surface area (Å²) in [5.74, 6) is 0.726. The number of nitrogens with zero attached hydrogens (tertiary/aromatic N) is 2. The van der Waals surface area contributed by atoms with Crippen LogP contribution in [0.1, 0.15) is 23.7 Å². The Labute approximate surface area is 154 Å². The van der Waals surface area contributed by atoms with Crippen LogP contribution in [0.2, 0.25) is 0 Å². The van der Waals surface area contributed by atoms with Gasteiger partial charge in [0, 0.05) is 25.2 Å². The molecule has 136 valence electrons. The normalized spacial score (nSPS) is 35.9. The van der Waals surface area contributed by atoms with Gasteiger partial charge in [0.2, 0.25) is 0 Å². The molecule has 0 radical (unpaired) electrons. The van der Waals surface area contributed by atoms with Crippen molar-refractivity contribution in [2.45, 2.75) is 29.1 Å².